The van der Waals surface area contributed by atoms with Crippen LogP contribution in [0.15, 0.2) is 35.6 Å². The van der Waals surface area contributed by atoms with Gasteiger partial charge in [-0.25, -0.2) is 4.79 Å². The van der Waals surface area contributed by atoms with E-state index in [0.717, 1.165) is 0 Å². The number of H-pyrrole nitrogens is 1. The van der Waals surface area contributed by atoms with Gasteiger partial charge in [-0.15, -0.1) is 0 Å². The van der Waals surface area contributed by atoms with Crippen molar-refractivity contribution in [2.45, 2.75) is 0 Å². The first-order valence-corrected chi connectivity index (χ1v) is 7.30. The van der Waals surface area contributed by atoms with Crippen molar-refractivity contribution in [2.75, 3.05) is 6.61 Å². The number of amidine groups is 1. The number of benzene rings is 1. The van der Waals surface area contributed by atoms with Gasteiger partial charge in [-0.3, -0.25) is 9.89 Å². The summed E-state index contributed by atoms with van der Waals surface area (Å²) in [6.07, 6.45) is 1.48. The van der Waals surface area contributed by atoms with E-state index in [1.807, 2.05) is 22.6 Å². The third kappa shape index (κ3) is 4.67. The minimum absolute atomic E-state index is 0.00863. The smallest absolute Gasteiger partial charge is 0.384 e. The van der Waals surface area contributed by atoms with Crippen molar-refractivity contribution in [3.63, 3.8) is 0 Å². The molecule has 1 amide bonds. The molecule has 0 bridgehead atoms. The number of oxime groups is 1. The van der Waals surface area contributed by atoms with Gasteiger partial charge in [-0.2, -0.15) is 5.10 Å². The minimum atomic E-state index is -0.698. The number of aromatic nitrogens is 2. The van der Waals surface area contributed by atoms with Crippen molar-refractivity contribution in [3.05, 3.63) is 45.3 Å². The van der Waals surface area contributed by atoms with Gasteiger partial charge >= 0.3 is 5.97 Å². The number of ether oxygens (including phenoxy) is 1. The summed E-state index contributed by atoms with van der Waals surface area (Å²) in [6.45, 7) is -0.219. The Morgan fingerprint density at radius 2 is 1.96 bits per heavy atom. The van der Waals surface area contributed by atoms with Crippen LogP contribution in [0.4, 0.5) is 0 Å². The lowest BCUT2D eigenvalue weighted by Gasteiger charge is -2.05. The molecular formula is C13H12IN5O4. The minimum Gasteiger partial charge on any atom is -0.484 e. The summed E-state index contributed by atoms with van der Waals surface area (Å²) in [5.74, 6) is -0.814. The van der Waals surface area contributed by atoms with Crippen LogP contribution in [-0.2, 0) is 9.63 Å². The highest BCUT2D eigenvalue weighted by Gasteiger charge is 2.14. The standard InChI is InChI=1S/C13H12IN5O4/c14-9-5-17-18-11(9)13(21)23-19-12(16)7-1-3-8(4-2-7)22-6-10(15)20/h1-5H,6H2,(H2,15,20)(H2,16,19)(H,17,18). The molecule has 2 rings (SSSR count). The highest BCUT2D eigenvalue weighted by atomic mass is 127. The van der Waals surface area contributed by atoms with E-state index in [2.05, 4.69) is 15.4 Å². The normalized spacial score (nSPS) is 11.1. The molecule has 0 unspecified atom stereocenters. The zero-order valence-corrected chi connectivity index (χ0v) is 13.8. The van der Waals surface area contributed by atoms with Crippen LogP contribution in [0, 0.1) is 3.57 Å². The van der Waals surface area contributed by atoms with Crippen molar-refractivity contribution in [2.24, 2.45) is 16.6 Å². The molecule has 0 saturated heterocycles. The van der Waals surface area contributed by atoms with Crippen LogP contribution in [-0.4, -0.2) is 34.5 Å². The molecule has 10 heteroatoms. The zero-order valence-electron chi connectivity index (χ0n) is 11.7. The fraction of sp³-hybridized carbons (Fsp3) is 0.0769. The van der Waals surface area contributed by atoms with Crippen molar-refractivity contribution in [3.8, 4) is 5.75 Å². The van der Waals surface area contributed by atoms with Gasteiger partial charge in [0, 0.05) is 5.56 Å². The Kier molecular flexibility index (Phi) is 5.51. The molecule has 1 aromatic heterocycles. The summed E-state index contributed by atoms with van der Waals surface area (Å²) in [4.78, 5) is 27.1. The molecule has 1 aromatic carbocycles. The Hall–Kier alpha value is -2.63. The van der Waals surface area contributed by atoms with Crippen LogP contribution >= 0.6 is 22.6 Å². The Morgan fingerprint density at radius 3 is 2.52 bits per heavy atom. The molecular weight excluding hydrogens is 417 g/mol. The van der Waals surface area contributed by atoms with Crippen molar-refractivity contribution in [1.82, 2.24) is 10.2 Å². The first-order chi connectivity index (χ1) is 11.0. The Balaban J connectivity index is 1.99. The first kappa shape index (κ1) is 16.7. The number of nitrogens with two attached hydrogens (primary N) is 2. The second-order valence-corrected chi connectivity index (χ2v) is 5.39. The van der Waals surface area contributed by atoms with E-state index < -0.39 is 11.9 Å². The molecule has 0 saturated carbocycles. The van der Waals surface area contributed by atoms with Gasteiger partial charge in [0.2, 0.25) is 0 Å². The van der Waals surface area contributed by atoms with Gasteiger partial charge < -0.3 is 21.0 Å². The largest absolute Gasteiger partial charge is 0.484 e. The Morgan fingerprint density at radius 1 is 1.26 bits per heavy atom. The van der Waals surface area contributed by atoms with Gasteiger partial charge in [-0.1, -0.05) is 5.16 Å². The van der Waals surface area contributed by atoms with E-state index in [1.165, 1.54) is 6.20 Å². The summed E-state index contributed by atoms with van der Waals surface area (Å²) in [6, 6.07) is 6.37. The maximum Gasteiger partial charge on any atom is 0.384 e. The maximum atomic E-state index is 11.7. The quantitative estimate of drug-likeness (QED) is 0.199. The monoisotopic (exact) mass is 429 g/mol. The van der Waals surface area contributed by atoms with Gasteiger partial charge in [0.15, 0.2) is 18.1 Å². The Labute approximate surface area is 144 Å². The van der Waals surface area contributed by atoms with E-state index in [0.29, 0.717) is 14.9 Å². The SMILES string of the molecule is NC(=O)COc1ccc(/C(N)=N/OC(=O)c2[nH]ncc2I)cc1. The number of carbonyl (C=O) groups excluding carboxylic acids is 2. The van der Waals surface area contributed by atoms with Crippen molar-refractivity contribution < 1.29 is 19.2 Å². The van der Waals surface area contributed by atoms with E-state index in [-0.39, 0.29) is 18.1 Å². The van der Waals surface area contributed by atoms with Crippen LogP contribution in [0.3, 0.4) is 0 Å². The lowest BCUT2D eigenvalue weighted by Crippen LogP contribution is -2.20. The molecule has 0 aliphatic rings. The van der Waals surface area contributed by atoms with Crippen LogP contribution < -0.4 is 16.2 Å². The number of aromatic amines is 1. The summed E-state index contributed by atoms with van der Waals surface area (Å²) in [5, 5.41) is 9.78. The van der Waals surface area contributed by atoms with Crippen molar-refractivity contribution in [1.29, 1.82) is 0 Å². The topological polar surface area (TPSA) is 146 Å². The molecule has 120 valence electrons. The average molecular weight is 429 g/mol. The lowest BCUT2D eigenvalue weighted by atomic mass is 10.2. The summed E-state index contributed by atoms with van der Waals surface area (Å²) < 4.78 is 5.72. The lowest BCUT2D eigenvalue weighted by molar-refractivity contribution is -0.119. The van der Waals surface area contributed by atoms with E-state index in [1.54, 1.807) is 24.3 Å². The van der Waals surface area contributed by atoms with Crippen molar-refractivity contribution >= 4 is 40.3 Å². The molecule has 0 aliphatic carbocycles. The van der Waals surface area contributed by atoms with Crippen LogP contribution in [0.2, 0.25) is 0 Å². The predicted molar refractivity (Wildman–Crippen MR) is 88.6 cm³/mol. The summed E-state index contributed by atoms with van der Waals surface area (Å²) >= 11 is 1.93. The molecule has 23 heavy (non-hydrogen) atoms. The summed E-state index contributed by atoms with van der Waals surface area (Å²) in [7, 11) is 0. The molecule has 0 spiro atoms. The van der Waals surface area contributed by atoms with Crippen LogP contribution in [0.5, 0.6) is 5.75 Å². The third-order valence-electron chi connectivity index (χ3n) is 2.56. The number of nitrogens with one attached hydrogen (secondary N) is 1. The molecule has 5 N–H and O–H groups in total. The second-order valence-electron chi connectivity index (χ2n) is 4.23. The number of rotatable bonds is 6. The zero-order chi connectivity index (χ0) is 16.8. The number of nitrogens with zero attached hydrogens (tertiary/aromatic N) is 2. The number of amides is 1. The summed E-state index contributed by atoms with van der Waals surface area (Å²) in [5.41, 5.74) is 11.4. The van der Waals surface area contributed by atoms with Gasteiger partial charge in [-0.05, 0) is 46.9 Å². The Bertz CT molecular complexity index is 741. The van der Waals surface area contributed by atoms with E-state index in [9.17, 15) is 9.59 Å². The molecule has 9 nitrogen and oxygen atoms in total. The van der Waals surface area contributed by atoms with Crippen LogP contribution in [0.25, 0.3) is 0 Å². The van der Waals surface area contributed by atoms with Gasteiger partial charge in [0.1, 0.15) is 5.75 Å². The number of primary amides is 1. The third-order valence-corrected chi connectivity index (χ3v) is 3.37. The number of hydrogen-bond donors (Lipinski definition) is 3. The molecule has 1 heterocycles. The predicted octanol–water partition coefficient (Wildman–Crippen LogP) is 0.356. The second kappa shape index (κ2) is 7.58. The molecule has 0 radical (unpaired) electrons. The average Bonchev–Trinajstić information content (AvgIpc) is 2.97. The number of halogens is 1. The molecule has 0 fully saturated rings. The fourth-order valence-electron chi connectivity index (χ4n) is 1.48. The number of carbonyl (C=O) groups is 2. The fourth-order valence-corrected chi connectivity index (χ4v) is 1.96. The first-order valence-electron chi connectivity index (χ1n) is 6.22. The highest BCUT2D eigenvalue weighted by molar-refractivity contribution is 14.1. The molecule has 2 aromatic rings. The van der Waals surface area contributed by atoms with E-state index >= 15 is 0 Å². The van der Waals surface area contributed by atoms with Gasteiger partial charge in [0.05, 0.1) is 9.77 Å². The van der Waals surface area contributed by atoms with Gasteiger partial charge in [0.25, 0.3) is 5.91 Å². The highest BCUT2D eigenvalue weighted by Crippen LogP contribution is 2.13. The molecule has 0 aliphatic heterocycles. The number of hydrogen-bond acceptors (Lipinski definition) is 6. The molecule has 0 atom stereocenters. The maximum absolute atomic E-state index is 11.7. The van der Waals surface area contributed by atoms with Crippen LogP contribution in [0.1, 0.15) is 16.1 Å². The van der Waals surface area contributed by atoms with E-state index in [4.69, 9.17) is 21.0 Å².